The van der Waals surface area contributed by atoms with E-state index in [-0.39, 0.29) is 5.38 Å². The molecular weight excluding hydrogens is 424 g/mol. The van der Waals surface area contributed by atoms with Gasteiger partial charge in [-0.2, -0.15) is 0 Å². The van der Waals surface area contributed by atoms with Gasteiger partial charge in [-0.15, -0.1) is 11.6 Å². The standard InChI is InChI=1S/C31H23ClO/c32-29-25-19-13-7-8-14-20(19)26(29)24-22-16-15-21(23(24)25)27-28(22)31(18-11-5-2-6-12-18)33-30(27)17-9-3-1-4-10-17/h1-16,21-26,29H/t21-,22-,23-,24-,25+,26+/m1/s1. The monoisotopic (exact) mass is 446 g/mol. The molecule has 9 rings (SSSR count). The molecular formula is C31H23ClO. The Hall–Kier alpha value is -3.03. The van der Waals surface area contributed by atoms with Crippen LogP contribution in [0.4, 0.5) is 0 Å². The highest BCUT2D eigenvalue weighted by atomic mass is 35.5. The molecule has 5 aliphatic carbocycles. The van der Waals surface area contributed by atoms with Crippen LogP contribution in [0.1, 0.15) is 45.9 Å². The summed E-state index contributed by atoms with van der Waals surface area (Å²) in [4.78, 5) is 0. The minimum absolute atomic E-state index is 0.184. The van der Waals surface area contributed by atoms with E-state index in [0.29, 0.717) is 35.5 Å². The molecule has 0 aliphatic heterocycles. The summed E-state index contributed by atoms with van der Waals surface area (Å²) in [5.74, 6) is 4.70. The van der Waals surface area contributed by atoms with Crippen LogP contribution >= 0.6 is 11.6 Å². The molecule has 2 heteroatoms. The van der Waals surface area contributed by atoms with Crippen molar-refractivity contribution in [2.24, 2.45) is 11.8 Å². The Morgan fingerprint density at radius 2 is 0.970 bits per heavy atom. The zero-order chi connectivity index (χ0) is 21.7. The van der Waals surface area contributed by atoms with Crippen LogP contribution < -0.4 is 0 Å². The summed E-state index contributed by atoms with van der Waals surface area (Å²) >= 11 is 7.25. The quantitative estimate of drug-likeness (QED) is 0.224. The van der Waals surface area contributed by atoms with Crippen molar-refractivity contribution < 1.29 is 4.42 Å². The van der Waals surface area contributed by atoms with Gasteiger partial charge in [0.05, 0.1) is 0 Å². The Morgan fingerprint density at radius 3 is 1.42 bits per heavy atom. The molecule has 0 radical (unpaired) electrons. The predicted molar refractivity (Wildman–Crippen MR) is 133 cm³/mol. The molecule has 1 fully saturated rings. The van der Waals surface area contributed by atoms with Gasteiger partial charge in [-0.1, -0.05) is 97.1 Å². The number of furan rings is 1. The zero-order valence-corrected chi connectivity index (χ0v) is 18.8. The number of allylic oxidation sites excluding steroid dienone is 2. The Bertz CT molecular complexity index is 1310. The molecule has 0 spiro atoms. The SMILES string of the molecule is ClC1[C@H]2c3ccccc3[C@H]1[C@H]1[C@H]2[C@H]2C=C[C@H]1c1c(-c3ccccc3)oc(-c3ccccc3)c12. The average molecular weight is 447 g/mol. The maximum absolute atomic E-state index is 7.25. The lowest BCUT2D eigenvalue weighted by atomic mass is 9.55. The molecule has 1 saturated carbocycles. The number of benzene rings is 3. The van der Waals surface area contributed by atoms with Gasteiger partial charge < -0.3 is 4.42 Å². The van der Waals surface area contributed by atoms with Gasteiger partial charge in [0, 0.05) is 51.3 Å². The van der Waals surface area contributed by atoms with Crippen molar-refractivity contribution in [3.63, 3.8) is 0 Å². The number of hydrogen-bond acceptors (Lipinski definition) is 1. The van der Waals surface area contributed by atoms with Gasteiger partial charge in [0.25, 0.3) is 0 Å². The van der Waals surface area contributed by atoms with Crippen LogP contribution in [0.15, 0.2) is 101 Å². The summed E-state index contributed by atoms with van der Waals surface area (Å²) in [5, 5.41) is 0.184. The molecule has 4 bridgehead atoms. The number of rotatable bonds is 2. The van der Waals surface area contributed by atoms with Crippen LogP contribution in [0.25, 0.3) is 22.6 Å². The second-order valence-electron chi connectivity index (χ2n) is 10.0. The normalized spacial score (nSPS) is 32.0. The van der Waals surface area contributed by atoms with Crippen molar-refractivity contribution in [3.8, 4) is 22.6 Å². The Labute approximate surface area is 198 Å². The zero-order valence-electron chi connectivity index (χ0n) is 18.1. The first-order valence-electron chi connectivity index (χ1n) is 12.0. The third-order valence-electron chi connectivity index (χ3n) is 8.75. The second kappa shape index (κ2) is 6.52. The lowest BCUT2D eigenvalue weighted by Gasteiger charge is -2.47. The first-order valence-corrected chi connectivity index (χ1v) is 12.4. The van der Waals surface area contributed by atoms with E-state index in [4.69, 9.17) is 16.0 Å². The van der Waals surface area contributed by atoms with Crippen LogP contribution in [0.3, 0.4) is 0 Å². The van der Waals surface area contributed by atoms with E-state index in [1.807, 2.05) is 0 Å². The van der Waals surface area contributed by atoms with Crippen molar-refractivity contribution in [2.45, 2.75) is 29.0 Å². The van der Waals surface area contributed by atoms with Crippen LogP contribution in [-0.2, 0) is 0 Å². The molecule has 4 aromatic rings. The minimum atomic E-state index is 0.184. The van der Waals surface area contributed by atoms with Gasteiger partial charge in [0.2, 0.25) is 0 Å². The summed E-state index contributed by atoms with van der Waals surface area (Å²) in [5.41, 5.74) is 8.11. The van der Waals surface area contributed by atoms with Crippen LogP contribution in [0, 0.1) is 11.8 Å². The molecule has 0 N–H and O–H groups in total. The topological polar surface area (TPSA) is 13.1 Å². The van der Waals surface area contributed by atoms with Gasteiger partial charge in [-0.25, -0.2) is 0 Å². The van der Waals surface area contributed by atoms with E-state index in [2.05, 4.69) is 97.1 Å². The first-order chi connectivity index (χ1) is 16.3. The van der Waals surface area contributed by atoms with E-state index in [1.54, 1.807) is 0 Å². The maximum Gasteiger partial charge on any atom is 0.138 e. The maximum atomic E-state index is 7.25. The third-order valence-corrected chi connectivity index (χ3v) is 9.29. The molecule has 6 atom stereocenters. The fraction of sp³-hybridized carbons (Fsp3) is 0.226. The lowest BCUT2D eigenvalue weighted by molar-refractivity contribution is 0.242. The largest absolute Gasteiger partial charge is 0.455 e. The molecule has 5 aliphatic rings. The summed E-state index contributed by atoms with van der Waals surface area (Å²) in [7, 11) is 0. The summed E-state index contributed by atoms with van der Waals surface area (Å²) in [6.07, 6.45) is 4.94. The minimum Gasteiger partial charge on any atom is -0.455 e. The molecule has 1 aromatic heterocycles. The smallest absolute Gasteiger partial charge is 0.138 e. The number of hydrogen-bond donors (Lipinski definition) is 0. The molecule has 0 unspecified atom stereocenters. The van der Waals surface area contributed by atoms with Crippen LogP contribution in [0.2, 0.25) is 0 Å². The van der Waals surface area contributed by atoms with Gasteiger partial charge >= 0.3 is 0 Å². The van der Waals surface area contributed by atoms with E-state index >= 15 is 0 Å². The Balaban J connectivity index is 1.39. The highest BCUT2D eigenvalue weighted by Crippen LogP contribution is 2.73. The Kier molecular flexibility index (Phi) is 3.63. The summed E-state index contributed by atoms with van der Waals surface area (Å²) in [6.45, 7) is 0. The van der Waals surface area contributed by atoms with E-state index in [0.717, 1.165) is 11.5 Å². The van der Waals surface area contributed by atoms with Gasteiger partial charge in [-0.05, 0) is 23.0 Å². The van der Waals surface area contributed by atoms with Gasteiger partial charge in [0.1, 0.15) is 11.5 Å². The molecule has 33 heavy (non-hydrogen) atoms. The van der Waals surface area contributed by atoms with Crippen LogP contribution in [0.5, 0.6) is 0 Å². The molecule has 0 saturated heterocycles. The van der Waals surface area contributed by atoms with Crippen LogP contribution in [-0.4, -0.2) is 5.38 Å². The molecule has 1 nitrogen and oxygen atoms in total. The average Bonchev–Trinajstić information content (AvgIpc) is 3.53. The van der Waals surface area contributed by atoms with Crippen molar-refractivity contribution in [3.05, 3.63) is 119 Å². The first kappa shape index (κ1) is 18.4. The number of alkyl halides is 1. The van der Waals surface area contributed by atoms with E-state index in [1.165, 1.54) is 33.4 Å². The van der Waals surface area contributed by atoms with Gasteiger partial charge in [-0.3, -0.25) is 0 Å². The number of halogens is 1. The highest BCUT2D eigenvalue weighted by molar-refractivity contribution is 6.22. The Morgan fingerprint density at radius 1 is 0.545 bits per heavy atom. The highest BCUT2D eigenvalue weighted by Gasteiger charge is 2.64. The van der Waals surface area contributed by atoms with E-state index < -0.39 is 0 Å². The van der Waals surface area contributed by atoms with Crippen molar-refractivity contribution >= 4 is 11.6 Å². The fourth-order valence-corrected chi connectivity index (χ4v) is 8.34. The molecule has 160 valence electrons. The predicted octanol–water partition coefficient (Wildman–Crippen LogP) is 8.10. The number of fused-ring (bicyclic) bond motifs is 5. The van der Waals surface area contributed by atoms with Crippen molar-refractivity contribution in [1.29, 1.82) is 0 Å². The fourth-order valence-electron chi connectivity index (χ4n) is 7.73. The lowest BCUT2D eigenvalue weighted by Crippen LogP contribution is -2.38. The van der Waals surface area contributed by atoms with Crippen molar-refractivity contribution in [2.75, 3.05) is 0 Å². The third kappa shape index (κ3) is 2.24. The van der Waals surface area contributed by atoms with E-state index in [9.17, 15) is 0 Å². The summed E-state index contributed by atoms with van der Waals surface area (Å²) < 4.78 is 6.81. The summed E-state index contributed by atoms with van der Waals surface area (Å²) in [6, 6.07) is 30.3. The molecule has 3 aromatic carbocycles. The molecule has 0 amide bonds. The second-order valence-corrected chi connectivity index (χ2v) is 10.5. The van der Waals surface area contributed by atoms with Gasteiger partial charge in [0.15, 0.2) is 0 Å². The molecule has 1 heterocycles. The van der Waals surface area contributed by atoms with Crippen molar-refractivity contribution in [1.82, 2.24) is 0 Å².